The fourth-order valence-corrected chi connectivity index (χ4v) is 4.26. The summed E-state index contributed by atoms with van der Waals surface area (Å²) in [6.07, 6.45) is 0. The van der Waals surface area contributed by atoms with E-state index < -0.39 is 0 Å². The van der Waals surface area contributed by atoms with E-state index in [2.05, 4.69) is 80.4 Å². The second-order valence-electron chi connectivity index (χ2n) is 8.49. The van der Waals surface area contributed by atoms with Gasteiger partial charge < -0.3 is 10.4 Å². The first kappa shape index (κ1) is 21.9. The lowest BCUT2D eigenvalue weighted by atomic mass is 10.0. The molecule has 0 heterocycles. The molecule has 30 heavy (non-hydrogen) atoms. The lowest BCUT2D eigenvalue weighted by molar-refractivity contribution is 0.263. The molecule has 2 N–H and O–H groups in total. The van der Waals surface area contributed by atoms with Crippen molar-refractivity contribution in [1.29, 1.82) is 0 Å². The second-order valence-corrected chi connectivity index (χ2v) is 8.49. The van der Waals surface area contributed by atoms with Crippen LogP contribution in [0.25, 0.3) is 0 Å². The molecule has 0 fully saturated rings. The molecule has 0 unspecified atom stereocenters. The van der Waals surface area contributed by atoms with Gasteiger partial charge in [-0.3, -0.25) is 4.90 Å². The van der Waals surface area contributed by atoms with Crippen LogP contribution in [-0.2, 0) is 13.1 Å². The number of rotatable bonds is 8. The van der Waals surface area contributed by atoms with E-state index >= 15 is 0 Å². The van der Waals surface area contributed by atoms with Gasteiger partial charge in [0.1, 0.15) is 5.75 Å². The number of aromatic hydroxyl groups is 1. The average molecular weight is 403 g/mol. The molecule has 0 aliphatic heterocycles. The van der Waals surface area contributed by atoms with Gasteiger partial charge >= 0.3 is 0 Å². The summed E-state index contributed by atoms with van der Waals surface area (Å²) >= 11 is 0. The molecule has 3 heteroatoms. The molecule has 0 bridgehead atoms. The van der Waals surface area contributed by atoms with Gasteiger partial charge in [0, 0.05) is 37.4 Å². The first-order chi connectivity index (χ1) is 14.3. The Morgan fingerprint density at radius 2 is 1.37 bits per heavy atom. The van der Waals surface area contributed by atoms with Crippen molar-refractivity contribution in [3.05, 3.63) is 93.5 Å². The minimum atomic E-state index is 0.414. The van der Waals surface area contributed by atoms with Crippen LogP contribution in [0.2, 0.25) is 0 Å². The summed E-state index contributed by atoms with van der Waals surface area (Å²) in [6, 6.07) is 19.1. The maximum Gasteiger partial charge on any atom is 0.122 e. The molecule has 3 nitrogen and oxygen atoms in total. The van der Waals surface area contributed by atoms with Crippen molar-refractivity contribution in [3.63, 3.8) is 0 Å². The number of nitrogens with zero attached hydrogens (tertiary/aromatic N) is 1. The summed E-state index contributed by atoms with van der Waals surface area (Å²) in [5, 5.41) is 14.2. The zero-order valence-corrected chi connectivity index (χ0v) is 18.9. The van der Waals surface area contributed by atoms with Gasteiger partial charge in [0.25, 0.3) is 0 Å². The quantitative estimate of drug-likeness (QED) is 0.481. The Bertz CT molecular complexity index is 972. The predicted octanol–water partition coefficient (Wildman–Crippen LogP) is 6.05. The number of phenols is 1. The molecule has 0 amide bonds. The fraction of sp³-hybridized carbons (Fsp3) is 0.333. The highest BCUT2D eigenvalue weighted by molar-refractivity contribution is 5.58. The Hall–Kier alpha value is -2.78. The van der Waals surface area contributed by atoms with Crippen LogP contribution >= 0.6 is 0 Å². The van der Waals surface area contributed by atoms with Crippen molar-refractivity contribution in [2.75, 3.05) is 18.4 Å². The number of hydrogen-bond donors (Lipinski definition) is 2. The second kappa shape index (κ2) is 9.82. The van der Waals surface area contributed by atoms with Gasteiger partial charge in [-0.15, -0.1) is 0 Å². The van der Waals surface area contributed by atoms with Crippen LogP contribution in [0, 0.1) is 34.6 Å². The topological polar surface area (TPSA) is 35.5 Å². The lowest BCUT2D eigenvalue weighted by Crippen LogP contribution is -2.29. The van der Waals surface area contributed by atoms with Gasteiger partial charge in [0.05, 0.1) is 0 Å². The predicted molar refractivity (Wildman–Crippen MR) is 127 cm³/mol. The summed E-state index contributed by atoms with van der Waals surface area (Å²) in [7, 11) is 0. The van der Waals surface area contributed by atoms with E-state index in [0.717, 1.165) is 37.3 Å². The molecule has 0 saturated carbocycles. The van der Waals surface area contributed by atoms with Crippen molar-refractivity contribution in [2.45, 2.75) is 47.7 Å². The first-order valence-electron chi connectivity index (χ1n) is 10.7. The molecule has 3 aromatic rings. The van der Waals surface area contributed by atoms with Crippen LogP contribution in [0.15, 0.2) is 54.6 Å². The van der Waals surface area contributed by atoms with E-state index in [-0.39, 0.29) is 0 Å². The Morgan fingerprint density at radius 3 is 2.03 bits per heavy atom. The minimum Gasteiger partial charge on any atom is -0.507 e. The Labute approximate surface area is 181 Å². The van der Waals surface area contributed by atoms with Crippen molar-refractivity contribution in [1.82, 2.24) is 4.90 Å². The average Bonchev–Trinajstić information content (AvgIpc) is 2.68. The summed E-state index contributed by atoms with van der Waals surface area (Å²) in [5.41, 5.74) is 9.50. The zero-order chi connectivity index (χ0) is 21.7. The molecule has 0 atom stereocenters. The van der Waals surface area contributed by atoms with Crippen molar-refractivity contribution < 1.29 is 5.11 Å². The van der Waals surface area contributed by atoms with E-state index in [1.54, 1.807) is 0 Å². The van der Waals surface area contributed by atoms with Gasteiger partial charge in [0.2, 0.25) is 0 Å². The van der Waals surface area contributed by atoms with Gasteiger partial charge in [-0.05, 0) is 56.9 Å². The molecule has 0 aliphatic carbocycles. The normalized spacial score (nSPS) is 11.1. The van der Waals surface area contributed by atoms with E-state index in [1.807, 2.05) is 19.1 Å². The van der Waals surface area contributed by atoms with E-state index in [1.165, 1.54) is 33.5 Å². The van der Waals surface area contributed by atoms with Crippen molar-refractivity contribution >= 4 is 5.69 Å². The van der Waals surface area contributed by atoms with Gasteiger partial charge in [0.15, 0.2) is 0 Å². The molecule has 0 saturated heterocycles. The standard InChI is InChI=1S/C27H34N2O/c1-19-13-21(3)26(22(4)14-19)28-11-12-29(17-24-9-7-6-8-10-24)18-25-16-20(2)15-23(5)27(25)30/h6-10,13-16,28,30H,11-12,17-18H2,1-5H3. The van der Waals surface area contributed by atoms with Crippen molar-refractivity contribution in [2.24, 2.45) is 0 Å². The maximum atomic E-state index is 10.6. The Kier molecular flexibility index (Phi) is 7.17. The maximum absolute atomic E-state index is 10.6. The highest BCUT2D eigenvalue weighted by Gasteiger charge is 2.13. The molecule has 0 radical (unpaired) electrons. The summed E-state index contributed by atoms with van der Waals surface area (Å²) in [6.45, 7) is 13.8. The fourth-order valence-electron chi connectivity index (χ4n) is 4.26. The number of nitrogens with one attached hydrogen (secondary N) is 1. The number of aryl methyl sites for hydroxylation is 5. The number of phenolic OH excluding ortho intramolecular Hbond substituents is 1. The molecular formula is C27H34N2O. The van der Waals surface area contributed by atoms with Crippen LogP contribution in [-0.4, -0.2) is 23.1 Å². The van der Waals surface area contributed by atoms with Crippen LogP contribution in [0.4, 0.5) is 5.69 Å². The molecule has 0 spiro atoms. The lowest BCUT2D eigenvalue weighted by Gasteiger charge is -2.25. The molecular weight excluding hydrogens is 368 g/mol. The molecule has 158 valence electrons. The van der Waals surface area contributed by atoms with E-state index in [9.17, 15) is 5.11 Å². The largest absolute Gasteiger partial charge is 0.507 e. The van der Waals surface area contributed by atoms with Crippen LogP contribution in [0.1, 0.15) is 38.9 Å². The third-order valence-electron chi connectivity index (χ3n) is 5.57. The van der Waals surface area contributed by atoms with Gasteiger partial charge in [-0.25, -0.2) is 0 Å². The molecule has 0 aliphatic rings. The molecule has 3 rings (SSSR count). The highest BCUT2D eigenvalue weighted by Crippen LogP contribution is 2.26. The highest BCUT2D eigenvalue weighted by atomic mass is 16.3. The number of anilines is 1. The van der Waals surface area contributed by atoms with Crippen LogP contribution in [0.5, 0.6) is 5.75 Å². The summed E-state index contributed by atoms with van der Waals surface area (Å²) in [4.78, 5) is 2.40. The van der Waals surface area contributed by atoms with Gasteiger partial charge in [-0.1, -0.05) is 65.7 Å². The smallest absolute Gasteiger partial charge is 0.122 e. The Balaban J connectivity index is 1.75. The first-order valence-corrected chi connectivity index (χ1v) is 10.7. The number of benzene rings is 3. The van der Waals surface area contributed by atoms with Gasteiger partial charge in [-0.2, -0.15) is 0 Å². The van der Waals surface area contributed by atoms with E-state index in [4.69, 9.17) is 0 Å². The summed E-state index contributed by atoms with van der Waals surface area (Å²) in [5.74, 6) is 0.414. The summed E-state index contributed by atoms with van der Waals surface area (Å²) < 4.78 is 0. The van der Waals surface area contributed by atoms with E-state index in [0.29, 0.717) is 5.75 Å². The third kappa shape index (κ3) is 5.64. The molecule has 0 aromatic heterocycles. The molecule has 3 aromatic carbocycles. The SMILES string of the molecule is Cc1cc(C)c(NCCN(Cc2ccccc2)Cc2cc(C)cc(C)c2O)c(C)c1. The third-order valence-corrected chi connectivity index (χ3v) is 5.57. The van der Waals surface area contributed by atoms with Crippen LogP contribution < -0.4 is 5.32 Å². The van der Waals surface area contributed by atoms with Crippen molar-refractivity contribution in [3.8, 4) is 5.75 Å². The zero-order valence-electron chi connectivity index (χ0n) is 18.9. The minimum absolute atomic E-state index is 0.414. The number of hydrogen-bond acceptors (Lipinski definition) is 3. The van der Waals surface area contributed by atoms with Crippen LogP contribution in [0.3, 0.4) is 0 Å². The monoisotopic (exact) mass is 402 g/mol. The Morgan fingerprint density at radius 1 is 0.767 bits per heavy atom.